The Morgan fingerprint density at radius 1 is 0.938 bits per heavy atom. The van der Waals surface area contributed by atoms with E-state index in [0.717, 1.165) is 69.4 Å². The van der Waals surface area contributed by atoms with Crippen molar-refractivity contribution in [3.8, 4) is 5.82 Å². The SMILES string of the molecule is O=C(Nc1ccc(N2CCOCC2)cc1)C1CCN(c2cc(-n3cncn3)ncn2)CC1. The van der Waals surface area contributed by atoms with Gasteiger partial charge in [-0.3, -0.25) is 4.79 Å². The highest BCUT2D eigenvalue weighted by Gasteiger charge is 2.26. The summed E-state index contributed by atoms with van der Waals surface area (Å²) in [5.41, 5.74) is 2.00. The molecule has 0 bridgehead atoms. The lowest BCUT2D eigenvalue weighted by molar-refractivity contribution is -0.120. The van der Waals surface area contributed by atoms with Crippen molar-refractivity contribution >= 4 is 23.1 Å². The number of aromatic nitrogens is 5. The molecule has 0 spiro atoms. The fourth-order valence-electron chi connectivity index (χ4n) is 4.15. The Morgan fingerprint density at radius 2 is 1.69 bits per heavy atom. The maximum atomic E-state index is 12.8. The van der Waals surface area contributed by atoms with Crippen LogP contribution in [0.4, 0.5) is 17.2 Å². The maximum absolute atomic E-state index is 12.8. The molecule has 2 aliphatic heterocycles. The van der Waals surface area contributed by atoms with Crippen LogP contribution in [0.3, 0.4) is 0 Å². The van der Waals surface area contributed by atoms with Crippen LogP contribution in [-0.2, 0) is 9.53 Å². The molecule has 5 rings (SSSR count). The number of morpholine rings is 1. The second-order valence-corrected chi connectivity index (χ2v) is 7.97. The molecule has 1 amide bonds. The van der Waals surface area contributed by atoms with E-state index < -0.39 is 0 Å². The normalized spacial score (nSPS) is 17.4. The van der Waals surface area contributed by atoms with Crippen molar-refractivity contribution in [2.75, 3.05) is 54.5 Å². The predicted octanol–water partition coefficient (Wildman–Crippen LogP) is 1.75. The molecule has 0 unspecified atom stereocenters. The van der Waals surface area contributed by atoms with Crippen molar-refractivity contribution in [2.45, 2.75) is 12.8 Å². The van der Waals surface area contributed by atoms with Gasteiger partial charge in [-0.2, -0.15) is 5.10 Å². The van der Waals surface area contributed by atoms with E-state index in [1.165, 1.54) is 12.7 Å². The second-order valence-electron chi connectivity index (χ2n) is 7.97. The molecule has 10 nitrogen and oxygen atoms in total. The van der Waals surface area contributed by atoms with Crippen molar-refractivity contribution in [3.63, 3.8) is 0 Å². The number of anilines is 3. The minimum Gasteiger partial charge on any atom is -0.378 e. The smallest absolute Gasteiger partial charge is 0.227 e. The van der Waals surface area contributed by atoms with Crippen molar-refractivity contribution in [1.29, 1.82) is 0 Å². The van der Waals surface area contributed by atoms with Crippen molar-refractivity contribution < 1.29 is 9.53 Å². The summed E-state index contributed by atoms with van der Waals surface area (Å²) >= 11 is 0. The number of nitrogens with zero attached hydrogens (tertiary/aromatic N) is 7. The lowest BCUT2D eigenvalue weighted by atomic mass is 9.96. The van der Waals surface area contributed by atoms with Gasteiger partial charge in [0, 0.05) is 49.5 Å². The molecule has 0 radical (unpaired) electrons. The van der Waals surface area contributed by atoms with E-state index in [9.17, 15) is 4.79 Å². The molecule has 2 aliphatic rings. The van der Waals surface area contributed by atoms with Gasteiger partial charge in [0.25, 0.3) is 0 Å². The minimum atomic E-state index is -0.0122. The molecule has 3 aromatic rings. The van der Waals surface area contributed by atoms with Crippen LogP contribution in [0, 0.1) is 5.92 Å². The van der Waals surface area contributed by atoms with Gasteiger partial charge in [0.05, 0.1) is 13.2 Å². The first-order valence-corrected chi connectivity index (χ1v) is 10.9. The van der Waals surface area contributed by atoms with Gasteiger partial charge < -0.3 is 19.9 Å². The van der Waals surface area contributed by atoms with E-state index in [4.69, 9.17) is 4.74 Å². The molecule has 1 aromatic carbocycles. The highest BCUT2D eigenvalue weighted by atomic mass is 16.5. The average Bonchev–Trinajstić information content (AvgIpc) is 3.40. The highest BCUT2D eigenvalue weighted by molar-refractivity contribution is 5.92. The minimum absolute atomic E-state index is 0.0122. The lowest BCUT2D eigenvalue weighted by Crippen LogP contribution is -2.38. The molecule has 32 heavy (non-hydrogen) atoms. The molecule has 0 saturated carbocycles. The lowest BCUT2D eigenvalue weighted by Gasteiger charge is -2.32. The Kier molecular flexibility index (Phi) is 5.93. The summed E-state index contributed by atoms with van der Waals surface area (Å²) in [7, 11) is 0. The van der Waals surface area contributed by atoms with Crippen LogP contribution >= 0.6 is 0 Å². The number of carbonyl (C=O) groups excluding carboxylic acids is 1. The summed E-state index contributed by atoms with van der Waals surface area (Å²) in [6.07, 6.45) is 6.17. The number of nitrogens with one attached hydrogen (secondary N) is 1. The number of piperidine rings is 1. The van der Waals surface area contributed by atoms with Gasteiger partial charge in [0.15, 0.2) is 5.82 Å². The standard InChI is InChI=1S/C22H26N8O2/c31-22(27-18-1-3-19(4-2-18)28-9-11-32-12-10-28)17-5-7-29(8-6-17)20-13-21(25-15-24-20)30-16-23-14-26-30/h1-4,13-17H,5-12H2,(H,27,31). The number of hydrogen-bond acceptors (Lipinski definition) is 8. The Bertz CT molecular complexity index is 1030. The Hall–Kier alpha value is -3.53. The van der Waals surface area contributed by atoms with Gasteiger partial charge in [-0.15, -0.1) is 0 Å². The number of hydrogen-bond donors (Lipinski definition) is 1. The van der Waals surface area contributed by atoms with Crippen LogP contribution in [-0.4, -0.2) is 70.0 Å². The van der Waals surface area contributed by atoms with Gasteiger partial charge in [-0.1, -0.05) is 0 Å². The fraction of sp³-hybridized carbons (Fsp3) is 0.409. The summed E-state index contributed by atoms with van der Waals surface area (Å²) in [6.45, 7) is 4.85. The summed E-state index contributed by atoms with van der Waals surface area (Å²) in [4.78, 5) is 29.9. The van der Waals surface area contributed by atoms with Crippen LogP contribution in [0.15, 0.2) is 49.3 Å². The van der Waals surface area contributed by atoms with Crippen molar-refractivity contribution in [2.24, 2.45) is 5.92 Å². The summed E-state index contributed by atoms with van der Waals surface area (Å²) in [6, 6.07) is 9.97. The monoisotopic (exact) mass is 434 g/mol. The van der Waals surface area contributed by atoms with Gasteiger partial charge in [-0.25, -0.2) is 19.6 Å². The molecule has 2 fully saturated rings. The number of benzene rings is 1. The zero-order valence-corrected chi connectivity index (χ0v) is 17.8. The highest BCUT2D eigenvalue weighted by Crippen LogP contribution is 2.25. The summed E-state index contributed by atoms with van der Waals surface area (Å²) in [5.74, 6) is 1.58. The average molecular weight is 435 g/mol. The number of ether oxygens (including phenoxy) is 1. The molecular weight excluding hydrogens is 408 g/mol. The fourth-order valence-corrected chi connectivity index (χ4v) is 4.15. The number of rotatable bonds is 5. The maximum Gasteiger partial charge on any atom is 0.227 e. The van der Waals surface area contributed by atoms with E-state index in [1.54, 1.807) is 11.0 Å². The topological polar surface area (TPSA) is 101 Å². The molecular formula is C22H26N8O2. The first-order chi connectivity index (χ1) is 15.8. The van der Waals surface area contributed by atoms with E-state index in [1.807, 2.05) is 18.2 Å². The molecule has 2 saturated heterocycles. The Balaban J connectivity index is 1.15. The third-order valence-corrected chi connectivity index (χ3v) is 5.99. The van der Waals surface area contributed by atoms with E-state index in [0.29, 0.717) is 5.82 Å². The van der Waals surface area contributed by atoms with Gasteiger partial charge in [-0.05, 0) is 37.1 Å². The zero-order valence-electron chi connectivity index (χ0n) is 17.8. The van der Waals surface area contributed by atoms with Gasteiger partial charge in [0.1, 0.15) is 24.8 Å². The molecule has 0 aliphatic carbocycles. The van der Waals surface area contributed by atoms with Crippen molar-refractivity contribution in [1.82, 2.24) is 24.7 Å². The first-order valence-electron chi connectivity index (χ1n) is 10.9. The van der Waals surface area contributed by atoms with E-state index >= 15 is 0 Å². The van der Waals surface area contributed by atoms with Crippen LogP contribution in [0.5, 0.6) is 0 Å². The van der Waals surface area contributed by atoms with Crippen molar-refractivity contribution in [3.05, 3.63) is 49.3 Å². The summed E-state index contributed by atoms with van der Waals surface area (Å²) < 4.78 is 7.01. The summed E-state index contributed by atoms with van der Waals surface area (Å²) in [5, 5.41) is 7.19. The molecule has 4 heterocycles. The third-order valence-electron chi connectivity index (χ3n) is 5.99. The quantitative estimate of drug-likeness (QED) is 0.648. The molecule has 10 heteroatoms. The number of carbonyl (C=O) groups is 1. The van der Waals surface area contributed by atoms with Gasteiger partial charge in [0.2, 0.25) is 5.91 Å². The predicted molar refractivity (Wildman–Crippen MR) is 120 cm³/mol. The Labute approximate surface area is 186 Å². The molecule has 2 aromatic heterocycles. The molecule has 1 N–H and O–H groups in total. The van der Waals surface area contributed by atoms with Crippen LogP contribution < -0.4 is 15.1 Å². The van der Waals surface area contributed by atoms with E-state index in [2.05, 4.69) is 47.3 Å². The largest absolute Gasteiger partial charge is 0.378 e. The van der Waals surface area contributed by atoms with E-state index in [-0.39, 0.29) is 11.8 Å². The van der Waals surface area contributed by atoms with Crippen LogP contribution in [0.25, 0.3) is 5.82 Å². The zero-order chi connectivity index (χ0) is 21.8. The van der Waals surface area contributed by atoms with Crippen LogP contribution in [0.2, 0.25) is 0 Å². The second kappa shape index (κ2) is 9.31. The molecule has 0 atom stereocenters. The number of amides is 1. The van der Waals surface area contributed by atoms with Gasteiger partial charge >= 0.3 is 0 Å². The first kappa shape index (κ1) is 20.4. The van der Waals surface area contributed by atoms with Crippen LogP contribution in [0.1, 0.15) is 12.8 Å². The third kappa shape index (κ3) is 4.54. The molecule has 166 valence electrons. The Morgan fingerprint density at radius 3 is 2.41 bits per heavy atom.